The summed E-state index contributed by atoms with van der Waals surface area (Å²) in [6.07, 6.45) is 1.91. The fourth-order valence-corrected chi connectivity index (χ4v) is 4.19. The molecule has 0 spiro atoms. The van der Waals surface area contributed by atoms with Gasteiger partial charge in [-0.15, -0.1) is 0 Å². The molecule has 1 aliphatic rings. The molecule has 0 unspecified atom stereocenters. The third kappa shape index (κ3) is 4.71. The smallest absolute Gasteiger partial charge is 0.240 e. The van der Waals surface area contributed by atoms with Crippen LogP contribution in [-0.2, 0) is 14.6 Å². The zero-order chi connectivity index (χ0) is 15.5. The lowest BCUT2D eigenvalue weighted by atomic mass is 10.1. The summed E-state index contributed by atoms with van der Waals surface area (Å²) >= 11 is 5.78. The number of hydrogen-bond acceptors (Lipinski definition) is 5. The predicted molar refractivity (Wildman–Crippen MR) is 80.2 cm³/mol. The van der Waals surface area contributed by atoms with Crippen LogP contribution >= 0.6 is 11.6 Å². The van der Waals surface area contributed by atoms with Gasteiger partial charge in [0.05, 0.1) is 17.7 Å². The van der Waals surface area contributed by atoms with E-state index < -0.39 is 9.84 Å². The molecule has 2 N–H and O–H groups in total. The van der Waals surface area contributed by atoms with Gasteiger partial charge in [-0.05, 0) is 30.5 Å². The number of amides is 1. The predicted octanol–water partition coefficient (Wildman–Crippen LogP) is 1.32. The average Bonchev–Trinajstić information content (AvgIpc) is 2.73. The van der Waals surface area contributed by atoms with Gasteiger partial charge in [-0.3, -0.25) is 4.79 Å². The Labute approximate surface area is 127 Å². The second-order valence-electron chi connectivity index (χ2n) is 4.97. The maximum Gasteiger partial charge on any atom is 0.240 e. The number of rotatable bonds is 4. The number of aromatic hydroxyl groups is 1. The highest BCUT2D eigenvalue weighted by Gasteiger charge is 2.29. The molecular weight excluding hydrogens is 316 g/mol. The number of carbonyl (C=O) groups excluding carboxylic acids is 1. The molecular formula is C13H15ClN2O4S. The second-order valence-corrected chi connectivity index (χ2v) is 7.63. The molecule has 1 aromatic carbocycles. The number of benzene rings is 1. The molecule has 0 bridgehead atoms. The van der Waals surface area contributed by atoms with Crippen molar-refractivity contribution in [2.24, 2.45) is 11.0 Å². The van der Waals surface area contributed by atoms with Crippen LogP contribution in [0, 0.1) is 5.92 Å². The Morgan fingerprint density at radius 1 is 1.52 bits per heavy atom. The van der Waals surface area contributed by atoms with Crippen LogP contribution in [0.3, 0.4) is 0 Å². The minimum absolute atomic E-state index is 0.000662. The van der Waals surface area contributed by atoms with Crippen LogP contribution in [0.2, 0.25) is 5.02 Å². The number of hydrogen-bond donors (Lipinski definition) is 2. The summed E-state index contributed by atoms with van der Waals surface area (Å²) in [4.78, 5) is 11.6. The van der Waals surface area contributed by atoms with Gasteiger partial charge < -0.3 is 5.11 Å². The molecule has 8 heteroatoms. The van der Waals surface area contributed by atoms with E-state index >= 15 is 0 Å². The van der Waals surface area contributed by atoms with E-state index in [0.717, 1.165) is 0 Å². The standard InChI is InChI=1S/C13H15ClN2O4S/c14-11-1-2-12(17)10(6-11)7-15-16-13(18)5-9-3-4-21(19,20)8-9/h1-2,6-7,9,17H,3-5,8H2,(H,16,18)/b15-7+/t9-/m1/s1. The molecule has 1 aliphatic heterocycles. The Morgan fingerprint density at radius 3 is 2.95 bits per heavy atom. The molecule has 0 saturated carbocycles. The summed E-state index contributed by atoms with van der Waals surface area (Å²) in [5, 5.41) is 13.7. The quantitative estimate of drug-likeness (QED) is 0.643. The monoisotopic (exact) mass is 330 g/mol. The number of phenolic OH excluding ortho intramolecular Hbond substituents is 1. The Kier molecular flexibility index (Phi) is 4.84. The van der Waals surface area contributed by atoms with Crippen LogP contribution < -0.4 is 5.43 Å². The van der Waals surface area contributed by atoms with E-state index in [1.807, 2.05) is 0 Å². The summed E-state index contributed by atoms with van der Waals surface area (Å²) in [6, 6.07) is 4.47. The van der Waals surface area contributed by atoms with Crippen molar-refractivity contribution < 1.29 is 18.3 Å². The van der Waals surface area contributed by atoms with E-state index in [1.54, 1.807) is 0 Å². The first-order valence-electron chi connectivity index (χ1n) is 6.36. The van der Waals surface area contributed by atoms with Crippen molar-refractivity contribution in [1.82, 2.24) is 5.43 Å². The average molecular weight is 331 g/mol. The number of carbonyl (C=O) groups is 1. The van der Waals surface area contributed by atoms with E-state index in [1.165, 1.54) is 24.4 Å². The molecule has 1 fully saturated rings. The van der Waals surface area contributed by atoms with E-state index in [-0.39, 0.29) is 35.5 Å². The number of hydrazone groups is 1. The fourth-order valence-electron chi connectivity index (χ4n) is 2.14. The van der Waals surface area contributed by atoms with Crippen LogP contribution in [0.1, 0.15) is 18.4 Å². The molecule has 1 amide bonds. The molecule has 1 heterocycles. The lowest BCUT2D eigenvalue weighted by molar-refractivity contribution is -0.121. The van der Waals surface area contributed by atoms with Gasteiger partial charge in [0.1, 0.15) is 5.75 Å². The Morgan fingerprint density at radius 2 is 2.29 bits per heavy atom. The molecule has 6 nitrogen and oxygen atoms in total. The molecule has 0 aromatic heterocycles. The van der Waals surface area contributed by atoms with Gasteiger partial charge in [0.25, 0.3) is 0 Å². The Balaban J connectivity index is 1.86. The van der Waals surface area contributed by atoms with Crippen molar-refractivity contribution in [2.75, 3.05) is 11.5 Å². The number of halogens is 1. The molecule has 2 rings (SSSR count). The summed E-state index contributed by atoms with van der Waals surface area (Å²) in [5.74, 6) is -0.303. The molecule has 1 saturated heterocycles. The zero-order valence-electron chi connectivity index (χ0n) is 11.1. The van der Waals surface area contributed by atoms with Gasteiger partial charge in [-0.25, -0.2) is 13.8 Å². The maximum absolute atomic E-state index is 11.6. The topological polar surface area (TPSA) is 95.8 Å². The zero-order valence-corrected chi connectivity index (χ0v) is 12.7. The van der Waals surface area contributed by atoms with Gasteiger partial charge in [-0.2, -0.15) is 5.10 Å². The van der Waals surface area contributed by atoms with Gasteiger partial charge in [-0.1, -0.05) is 11.6 Å². The highest BCUT2D eigenvalue weighted by atomic mass is 35.5. The lowest BCUT2D eigenvalue weighted by Gasteiger charge is -2.05. The van der Waals surface area contributed by atoms with Gasteiger partial charge in [0.2, 0.25) is 5.91 Å². The molecule has 0 aliphatic carbocycles. The molecule has 0 radical (unpaired) electrons. The number of nitrogens with zero attached hydrogens (tertiary/aromatic N) is 1. The number of sulfone groups is 1. The van der Waals surface area contributed by atoms with Crippen molar-refractivity contribution in [3.63, 3.8) is 0 Å². The van der Waals surface area contributed by atoms with Crippen molar-refractivity contribution in [1.29, 1.82) is 0 Å². The first-order valence-corrected chi connectivity index (χ1v) is 8.56. The molecule has 114 valence electrons. The van der Waals surface area contributed by atoms with Crippen LogP contribution in [0.5, 0.6) is 5.75 Å². The number of phenols is 1. The van der Waals surface area contributed by atoms with Gasteiger partial charge >= 0.3 is 0 Å². The first-order chi connectivity index (χ1) is 9.85. The first kappa shape index (κ1) is 15.8. The third-order valence-electron chi connectivity index (χ3n) is 3.18. The SMILES string of the molecule is O=C(C[C@H]1CCS(=O)(=O)C1)N/N=C/c1cc(Cl)ccc1O. The summed E-state index contributed by atoms with van der Waals surface area (Å²) in [5.41, 5.74) is 2.69. The highest BCUT2D eigenvalue weighted by Crippen LogP contribution is 2.21. The van der Waals surface area contributed by atoms with Crippen LogP contribution in [0.25, 0.3) is 0 Å². The van der Waals surface area contributed by atoms with Crippen LogP contribution in [0.4, 0.5) is 0 Å². The number of nitrogens with one attached hydrogen (secondary N) is 1. The van der Waals surface area contributed by atoms with Gasteiger partial charge in [0.15, 0.2) is 9.84 Å². The van der Waals surface area contributed by atoms with Crippen molar-refractivity contribution in [2.45, 2.75) is 12.8 Å². The lowest BCUT2D eigenvalue weighted by Crippen LogP contribution is -2.21. The summed E-state index contributed by atoms with van der Waals surface area (Å²) in [7, 11) is -2.98. The van der Waals surface area contributed by atoms with E-state index in [2.05, 4.69) is 10.5 Å². The fraction of sp³-hybridized carbons (Fsp3) is 0.385. The Bertz CT molecular complexity index is 673. The van der Waals surface area contributed by atoms with E-state index in [4.69, 9.17) is 11.6 Å². The van der Waals surface area contributed by atoms with Crippen LogP contribution in [-0.4, -0.2) is 37.2 Å². The van der Waals surface area contributed by atoms with Crippen molar-refractivity contribution >= 4 is 33.6 Å². The Hall–Kier alpha value is -1.60. The summed E-state index contributed by atoms with van der Waals surface area (Å²) in [6.45, 7) is 0. The second kappa shape index (κ2) is 6.44. The minimum Gasteiger partial charge on any atom is -0.507 e. The highest BCUT2D eigenvalue weighted by molar-refractivity contribution is 7.91. The summed E-state index contributed by atoms with van der Waals surface area (Å²) < 4.78 is 22.6. The normalized spacial score (nSPS) is 20.7. The molecule has 1 aromatic rings. The van der Waals surface area contributed by atoms with Crippen molar-refractivity contribution in [3.8, 4) is 5.75 Å². The largest absolute Gasteiger partial charge is 0.507 e. The molecule has 21 heavy (non-hydrogen) atoms. The maximum atomic E-state index is 11.6. The van der Waals surface area contributed by atoms with Crippen LogP contribution in [0.15, 0.2) is 23.3 Å². The molecule has 1 atom stereocenters. The van der Waals surface area contributed by atoms with E-state index in [9.17, 15) is 18.3 Å². The van der Waals surface area contributed by atoms with Gasteiger partial charge in [0, 0.05) is 17.0 Å². The van der Waals surface area contributed by atoms with Crippen molar-refractivity contribution in [3.05, 3.63) is 28.8 Å². The van der Waals surface area contributed by atoms with E-state index in [0.29, 0.717) is 17.0 Å². The minimum atomic E-state index is -2.98. The third-order valence-corrected chi connectivity index (χ3v) is 5.26.